The molecule has 5 aromatic rings. The van der Waals surface area contributed by atoms with E-state index < -0.39 is 0 Å². The van der Waals surface area contributed by atoms with Crippen molar-refractivity contribution in [2.24, 2.45) is 0 Å². The Hall–Kier alpha value is -5.08. The highest BCUT2D eigenvalue weighted by atomic mass is 14.9. The van der Waals surface area contributed by atoms with Gasteiger partial charge in [0, 0.05) is 27.9 Å². The summed E-state index contributed by atoms with van der Waals surface area (Å²) in [6.07, 6.45) is 18.2. The van der Waals surface area contributed by atoms with E-state index in [9.17, 15) is 0 Å². The molecule has 3 unspecified atom stereocenters. The largest absolute Gasteiger partial charge is 0.228 e. The number of nitrogens with zero attached hydrogens (tertiary/aromatic N) is 2. The molecule has 3 atom stereocenters. The molecule has 0 radical (unpaired) electrons. The highest BCUT2D eigenvalue weighted by Gasteiger charge is 2.70. The first-order chi connectivity index (χ1) is 21.2. The van der Waals surface area contributed by atoms with Gasteiger partial charge in [-0.05, 0) is 58.4 Å². The lowest BCUT2D eigenvalue weighted by Crippen LogP contribution is -2.26. The summed E-state index contributed by atoms with van der Waals surface area (Å²) in [4.78, 5) is 10.3. The second-order valence-electron chi connectivity index (χ2n) is 12.3. The number of hydrogen-bond donors (Lipinski definition) is 0. The molecule has 4 aliphatic rings. The molecule has 0 aliphatic heterocycles. The van der Waals surface area contributed by atoms with Crippen molar-refractivity contribution in [3.63, 3.8) is 0 Å². The van der Waals surface area contributed by atoms with Gasteiger partial charge in [-0.3, -0.25) is 0 Å². The monoisotopic (exact) mass is 550 g/mol. The Kier molecular flexibility index (Phi) is 5.25. The quantitative estimate of drug-likeness (QED) is 0.223. The van der Waals surface area contributed by atoms with E-state index in [0.29, 0.717) is 5.92 Å². The molecular formula is C41H30N2. The molecular weight excluding hydrogens is 520 g/mol. The van der Waals surface area contributed by atoms with Gasteiger partial charge in [0.15, 0.2) is 5.82 Å². The summed E-state index contributed by atoms with van der Waals surface area (Å²) < 4.78 is 0. The van der Waals surface area contributed by atoms with Gasteiger partial charge >= 0.3 is 0 Å². The predicted molar refractivity (Wildman–Crippen MR) is 176 cm³/mol. The first-order valence-corrected chi connectivity index (χ1v) is 15.2. The van der Waals surface area contributed by atoms with E-state index in [4.69, 9.17) is 9.97 Å². The van der Waals surface area contributed by atoms with Crippen molar-refractivity contribution in [3.05, 3.63) is 174 Å². The number of aromatic nitrogens is 2. The third kappa shape index (κ3) is 3.66. The second kappa shape index (κ2) is 9.21. The lowest BCUT2D eigenvalue weighted by molar-refractivity contribution is 0.718. The van der Waals surface area contributed by atoms with Crippen LogP contribution in [-0.4, -0.2) is 9.97 Å². The Balaban J connectivity index is 1.20. The van der Waals surface area contributed by atoms with Crippen LogP contribution in [0.4, 0.5) is 0 Å². The molecule has 204 valence electrons. The van der Waals surface area contributed by atoms with Crippen molar-refractivity contribution in [1.82, 2.24) is 9.97 Å². The first kappa shape index (κ1) is 24.5. The lowest BCUT2D eigenvalue weighted by atomic mass is 9.69. The predicted octanol–water partition coefficient (Wildman–Crippen LogP) is 9.62. The molecule has 2 nitrogen and oxygen atoms in total. The number of benzene rings is 4. The maximum atomic E-state index is 5.20. The number of rotatable bonds is 4. The Morgan fingerprint density at radius 1 is 0.628 bits per heavy atom. The third-order valence-electron chi connectivity index (χ3n) is 9.93. The molecule has 1 heterocycles. The standard InChI is InChI=1S/C41H30N2/c1-3-12-28(13-4-1)30-16-11-17-31(24-30)37-25-38(43-39(42-37)29-14-5-2-6-15-29)32-22-23-40-27-41(40,26-32)36-21-10-8-19-34(36)33-18-7-9-20-35(33)40/h1-12,14-26,28H,13,27H2. The van der Waals surface area contributed by atoms with Crippen LogP contribution < -0.4 is 0 Å². The van der Waals surface area contributed by atoms with Crippen LogP contribution in [0.15, 0.2) is 152 Å². The van der Waals surface area contributed by atoms with Gasteiger partial charge in [0.05, 0.1) is 11.4 Å². The summed E-state index contributed by atoms with van der Waals surface area (Å²) in [5, 5.41) is 0. The average molecular weight is 551 g/mol. The van der Waals surface area contributed by atoms with Crippen LogP contribution in [0.25, 0.3) is 39.3 Å². The van der Waals surface area contributed by atoms with Crippen LogP contribution in [0.5, 0.6) is 0 Å². The van der Waals surface area contributed by atoms with Crippen molar-refractivity contribution in [2.75, 3.05) is 0 Å². The minimum atomic E-state index is -0.0548. The van der Waals surface area contributed by atoms with Crippen LogP contribution >= 0.6 is 0 Å². The zero-order chi connectivity index (χ0) is 28.4. The summed E-state index contributed by atoms with van der Waals surface area (Å²) in [7, 11) is 0. The summed E-state index contributed by atoms with van der Waals surface area (Å²) >= 11 is 0. The van der Waals surface area contributed by atoms with Gasteiger partial charge < -0.3 is 0 Å². The number of hydrogen-bond acceptors (Lipinski definition) is 2. The maximum Gasteiger partial charge on any atom is 0.160 e. The average Bonchev–Trinajstić information content (AvgIpc) is 3.81. The van der Waals surface area contributed by atoms with E-state index in [1.165, 1.54) is 33.4 Å². The summed E-state index contributed by atoms with van der Waals surface area (Å²) in [5.74, 6) is 1.15. The minimum absolute atomic E-state index is 0.00978. The lowest BCUT2D eigenvalue weighted by Gasteiger charge is -2.34. The van der Waals surface area contributed by atoms with Gasteiger partial charge in [-0.2, -0.15) is 0 Å². The van der Waals surface area contributed by atoms with Crippen LogP contribution in [0.1, 0.15) is 41.1 Å². The van der Waals surface area contributed by atoms with Gasteiger partial charge in [0.25, 0.3) is 0 Å². The molecule has 1 saturated carbocycles. The smallest absolute Gasteiger partial charge is 0.160 e. The van der Waals surface area contributed by atoms with Crippen molar-refractivity contribution < 1.29 is 0 Å². The molecule has 0 N–H and O–H groups in total. The second-order valence-corrected chi connectivity index (χ2v) is 12.3. The van der Waals surface area contributed by atoms with Crippen LogP contribution in [0.2, 0.25) is 0 Å². The van der Waals surface area contributed by atoms with Crippen molar-refractivity contribution in [2.45, 2.75) is 29.6 Å². The van der Waals surface area contributed by atoms with Crippen molar-refractivity contribution in [3.8, 4) is 33.8 Å². The fourth-order valence-corrected chi connectivity index (χ4v) is 7.76. The van der Waals surface area contributed by atoms with Crippen LogP contribution in [0.3, 0.4) is 0 Å². The topological polar surface area (TPSA) is 25.8 Å². The molecule has 9 rings (SSSR count). The molecule has 43 heavy (non-hydrogen) atoms. The first-order valence-electron chi connectivity index (χ1n) is 15.2. The number of fused-ring (bicyclic) bond motifs is 3. The number of allylic oxidation sites excluding steroid dienone is 8. The maximum absolute atomic E-state index is 5.20. The third-order valence-corrected chi connectivity index (χ3v) is 9.93. The normalized spacial score (nSPS) is 23.9. The summed E-state index contributed by atoms with van der Waals surface area (Å²) in [6, 6.07) is 39.4. The van der Waals surface area contributed by atoms with Crippen LogP contribution in [-0.2, 0) is 10.8 Å². The molecule has 1 aromatic heterocycles. The van der Waals surface area contributed by atoms with E-state index >= 15 is 0 Å². The van der Waals surface area contributed by atoms with Gasteiger partial charge in [-0.15, -0.1) is 0 Å². The van der Waals surface area contributed by atoms with Crippen molar-refractivity contribution in [1.29, 1.82) is 0 Å². The van der Waals surface area contributed by atoms with E-state index in [1.807, 2.05) is 6.07 Å². The van der Waals surface area contributed by atoms with Gasteiger partial charge in [0.1, 0.15) is 0 Å². The molecule has 2 heteroatoms. The molecule has 4 aliphatic carbocycles. The summed E-state index contributed by atoms with van der Waals surface area (Å²) in [6.45, 7) is 0. The SMILES string of the molecule is C1=CCC(c2cccc(-c3cc(C4=CC56CC5(C=C4)c4ccccc4-c4ccccc46)nc(-c4ccccc4)n3)c2)C=C1. The van der Waals surface area contributed by atoms with E-state index in [2.05, 4.69) is 146 Å². The highest BCUT2D eigenvalue weighted by Crippen LogP contribution is 2.74. The molecule has 4 aromatic carbocycles. The molecule has 1 fully saturated rings. The van der Waals surface area contributed by atoms with Gasteiger partial charge in [-0.1, -0.05) is 140 Å². The molecule has 0 amide bonds. The molecule has 0 bridgehead atoms. The van der Waals surface area contributed by atoms with E-state index in [1.54, 1.807) is 0 Å². The van der Waals surface area contributed by atoms with Gasteiger partial charge in [0.2, 0.25) is 0 Å². The van der Waals surface area contributed by atoms with E-state index in [-0.39, 0.29) is 10.8 Å². The van der Waals surface area contributed by atoms with Crippen LogP contribution in [0, 0.1) is 0 Å². The summed E-state index contributed by atoms with van der Waals surface area (Å²) in [5.41, 5.74) is 12.1. The Labute approximate surface area is 252 Å². The zero-order valence-electron chi connectivity index (χ0n) is 23.8. The Bertz CT molecular complexity index is 2050. The van der Waals surface area contributed by atoms with E-state index in [0.717, 1.165) is 41.2 Å². The van der Waals surface area contributed by atoms with Gasteiger partial charge in [-0.25, -0.2) is 9.97 Å². The Morgan fingerprint density at radius 3 is 2.14 bits per heavy atom. The van der Waals surface area contributed by atoms with Crippen molar-refractivity contribution >= 4 is 5.57 Å². The molecule has 0 saturated heterocycles. The minimum Gasteiger partial charge on any atom is -0.228 e. The fourth-order valence-electron chi connectivity index (χ4n) is 7.76. The fraction of sp³-hybridized carbons (Fsp3) is 0.122. The zero-order valence-corrected chi connectivity index (χ0v) is 23.8. The molecule has 0 spiro atoms. The highest BCUT2D eigenvalue weighted by molar-refractivity contribution is 5.89. The Morgan fingerprint density at radius 2 is 1.35 bits per heavy atom.